The molecule has 0 unspecified atom stereocenters. The van der Waals surface area contributed by atoms with Crippen LogP contribution in [0.2, 0.25) is 0 Å². The highest BCUT2D eigenvalue weighted by Crippen LogP contribution is 2.34. The third-order valence-electron chi connectivity index (χ3n) is 4.13. The van der Waals surface area contributed by atoms with Crippen LogP contribution in [0.15, 0.2) is 30.5 Å². The van der Waals surface area contributed by atoms with Crippen LogP contribution in [-0.2, 0) is 11.0 Å². The Hall–Kier alpha value is -3.37. The number of hydrogen-bond acceptors (Lipinski definition) is 6. The first-order valence-electron chi connectivity index (χ1n) is 9.09. The summed E-state index contributed by atoms with van der Waals surface area (Å²) in [4.78, 5) is 32.1. The first-order chi connectivity index (χ1) is 14.0. The van der Waals surface area contributed by atoms with Gasteiger partial charge < -0.3 is 21.3 Å². The topological polar surface area (TPSA) is 113 Å². The zero-order chi connectivity index (χ0) is 22.5. The lowest BCUT2D eigenvalue weighted by Gasteiger charge is -2.20. The minimum atomic E-state index is -4.65. The summed E-state index contributed by atoms with van der Waals surface area (Å²) in [5, 5.41) is 5.40. The van der Waals surface area contributed by atoms with Crippen LogP contribution in [0.3, 0.4) is 0 Å². The minimum absolute atomic E-state index is 0.0658. The third-order valence-corrected chi connectivity index (χ3v) is 4.13. The van der Waals surface area contributed by atoms with Gasteiger partial charge in [-0.2, -0.15) is 18.2 Å². The largest absolute Gasteiger partial charge is 0.421 e. The normalized spacial score (nSPS) is 11.3. The Bertz CT molecular complexity index is 900. The van der Waals surface area contributed by atoms with E-state index >= 15 is 0 Å². The maximum Gasteiger partial charge on any atom is 0.421 e. The van der Waals surface area contributed by atoms with Gasteiger partial charge in [0.25, 0.3) is 0 Å². The quantitative estimate of drug-likeness (QED) is 0.601. The molecule has 0 aliphatic heterocycles. The van der Waals surface area contributed by atoms with E-state index in [2.05, 4.69) is 20.6 Å². The molecular formula is C19H23F3N6O2. The lowest BCUT2D eigenvalue weighted by molar-refractivity contribution is -0.137. The Morgan fingerprint density at radius 2 is 1.83 bits per heavy atom. The molecule has 0 saturated heterocycles. The van der Waals surface area contributed by atoms with Crippen LogP contribution in [0, 0.1) is 5.92 Å². The predicted molar refractivity (Wildman–Crippen MR) is 106 cm³/mol. The highest BCUT2D eigenvalue weighted by atomic mass is 19.4. The van der Waals surface area contributed by atoms with Gasteiger partial charge in [-0.05, 0) is 24.3 Å². The van der Waals surface area contributed by atoms with E-state index in [0.717, 1.165) is 0 Å². The summed E-state index contributed by atoms with van der Waals surface area (Å²) in [7, 11) is 1.58. The van der Waals surface area contributed by atoms with Gasteiger partial charge in [0.2, 0.25) is 17.8 Å². The van der Waals surface area contributed by atoms with Crippen LogP contribution in [0.25, 0.3) is 0 Å². The van der Waals surface area contributed by atoms with Gasteiger partial charge in [-0.1, -0.05) is 13.8 Å². The van der Waals surface area contributed by atoms with E-state index in [9.17, 15) is 22.8 Å². The van der Waals surface area contributed by atoms with E-state index in [1.54, 1.807) is 20.9 Å². The summed E-state index contributed by atoms with van der Waals surface area (Å²) in [5.41, 5.74) is 4.91. The molecule has 0 radical (unpaired) electrons. The fourth-order valence-electron chi connectivity index (χ4n) is 2.52. The van der Waals surface area contributed by atoms with Crippen molar-refractivity contribution < 1.29 is 22.8 Å². The van der Waals surface area contributed by atoms with E-state index in [1.807, 2.05) is 0 Å². The average molecular weight is 424 g/mol. The molecule has 0 saturated carbocycles. The zero-order valence-electron chi connectivity index (χ0n) is 16.7. The summed E-state index contributed by atoms with van der Waals surface area (Å²) < 4.78 is 39.9. The van der Waals surface area contributed by atoms with Gasteiger partial charge in [0, 0.05) is 43.5 Å². The maximum atomic E-state index is 13.3. The fraction of sp³-hybridized carbons (Fsp3) is 0.368. The molecule has 0 spiro atoms. The smallest absolute Gasteiger partial charge is 0.368 e. The molecule has 4 N–H and O–H groups in total. The monoisotopic (exact) mass is 424 g/mol. The van der Waals surface area contributed by atoms with E-state index in [4.69, 9.17) is 5.73 Å². The first kappa shape index (κ1) is 22.9. The highest BCUT2D eigenvalue weighted by Gasteiger charge is 2.35. The third kappa shape index (κ3) is 6.06. The van der Waals surface area contributed by atoms with Gasteiger partial charge in [0.15, 0.2) is 0 Å². The molecule has 2 aromatic rings. The summed E-state index contributed by atoms with van der Waals surface area (Å²) in [5.74, 6) is -1.39. The van der Waals surface area contributed by atoms with E-state index in [-0.39, 0.29) is 36.4 Å². The fourth-order valence-corrected chi connectivity index (χ4v) is 2.52. The average Bonchev–Trinajstić information content (AvgIpc) is 2.66. The number of likely N-dealkylation sites (N-methyl/N-ethyl adjacent to an activating group) is 1. The van der Waals surface area contributed by atoms with Crippen molar-refractivity contribution in [1.29, 1.82) is 0 Å². The van der Waals surface area contributed by atoms with Crippen molar-refractivity contribution >= 4 is 29.3 Å². The van der Waals surface area contributed by atoms with Gasteiger partial charge in [-0.25, -0.2) is 4.98 Å². The molecule has 0 bridgehead atoms. The number of aromatic nitrogens is 2. The van der Waals surface area contributed by atoms with Crippen molar-refractivity contribution in [2.75, 3.05) is 30.8 Å². The number of carbonyl (C=O) groups is 2. The number of hydrogen-bond donors (Lipinski definition) is 3. The molecule has 30 heavy (non-hydrogen) atoms. The molecule has 2 amide bonds. The van der Waals surface area contributed by atoms with Gasteiger partial charge in [-0.3, -0.25) is 9.59 Å². The van der Waals surface area contributed by atoms with Crippen LogP contribution >= 0.6 is 0 Å². The highest BCUT2D eigenvalue weighted by molar-refractivity contribution is 5.93. The Morgan fingerprint density at radius 3 is 2.37 bits per heavy atom. The first-order valence-corrected chi connectivity index (χ1v) is 9.09. The van der Waals surface area contributed by atoms with Crippen molar-refractivity contribution in [2.45, 2.75) is 20.0 Å². The van der Waals surface area contributed by atoms with E-state index in [0.29, 0.717) is 11.9 Å². The molecule has 11 heteroatoms. The lowest BCUT2D eigenvalue weighted by atomic mass is 10.2. The maximum absolute atomic E-state index is 13.3. The molecule has 1 heterocycles. The van der Waals surface area contributed by atoms with Gasteiger partial charge in [0.05, 0.1) is 0 Å². The number of alkyl halides is 3. The molecule has 1 aromatic carbocycles. The molecule has 0 aliphatic rings. The number of anilines is 3. The number of carbonyl (C=O) groups excluding carboxylic acids is 2. The van der Waals surface area contributed by atoms with Crippen molar-refractivity contribution in [3.63, 3.8) is 0 Å². The number of nitrogens with two attached hydrogens (primary N) is 1. The molecular weight excluding hydrogens is 401 g/mol. The van der Waals surface area contributed by atoms with Crippen LogP contribution < -0.4 is 16.4 Å². The Balaban J connectivity index is 2.16. The van der Waals surface area contributed by atoms with Crippen molar-refractivity contribution in [3.05, 3.63) is 41.6 Å². The van der Waals surface area contributed by atoms with Crippen LogP contribution in [0.5, 0.6) is 0 Å². The van der Waals surface area contributed by atoms with Crippen molar-refractivity contribution in [3.8, 4) is 0 Å². The molecule has 162 valence electrons. The van der Waals surface area contributed by atoms with Gasteiger partial charge in [0.1, 0.15) is 11.4 Å². The summed E-state index contributed by atoms with van der Waals surface area (Å²) in [6.45, 7) is 3.76. The SMILES string of the molecule is CC(C)C(=O)N(C)CCNc1nc(Nc2ccc(C(N)=O)cc2)ncc1C(F)(F)F. The molecule has 1 aromatic heterocycles. The Morgan fingerprint density at radius 1 is 1.20 bits per heavy atom. The second kappa shape index (κ2) is 9.42. The number of halogens is 3. The molecule has 8 nitrogen and oxygen atoms in total. The summed E-state index contributed by atoms with van der Waals surface area (Å²) >= 11 is 0. The number of benzene rings is 1. The van der Waals surface area contributed by atoms with Crippen LogP contribution in [0.4, 0.5) is 30.6 Å². The number of primary amides is 1. The number of nitrogens with zero attached hydrogens (tertiary/aromatic N) is 3. The zero-order valence-corrected chi connectivity index (χ0v) is 16.7. The number of nitrogens with one attached hydrogen (secondary N) is 2. The summed E-state index contributed by atoms with van der Waals surface area (Å²) in [6.07, 6.45) is -3.97. The summed E-state index contributed by atoms with van der Waals surface area (Å²) in [6, 6.07) is 5.99. The van der Waals surface area contributed by atoms with Crippen molar-refractivity contribution in [1.82, 2.24) is 14.9 Å². The van der Waals surface area contributed by atoms with E-state index < -0.39 is 23.5 Å². The van der Waals surface area contributed by atoms with Gasteiger partial charge >= 0.3 is 6.18 Å². The standard InChI is InChI=1S/C19H23F3N6O2/c1-11(2)17(30)28(3)9-8-24-16-14(19(20,21)22)10-25-18(27-16)26-13-6-4-12(5-7-13)15(23)29/h4-7,10-11H,8-9H2,1-3H3,(H2,23,29)(H2,24,25,26,27). The lowest BCUT2D eigenvalue weighted by Crippen LogP contribution is -2.34. The Labute approximate surface area is 171 Å². The Kier molecular flexibility index (Phi) is 7.19. The second-order valence-electron chi connectivity index (χ2n) is 6.86. The van der Waals surface area contributed by atoms with Crippen LogP contribution in [-0.4, -0.2) is 46.8 Å². The molecule has 0 aliphatic carbocycles. The predicted octanol–water partition coefficient (Wildman–Crippen LogP) is 2.86. The second-order valence-corrected chi connectivity index (χ2v) is 6.86. The number of rotatable bonds is 8. The minimum Gasteiger partial charge on any atom is -0.368 e. The molecule has 0 fully saturated rings. The number of amides is 2. The molecule has 0 atom stereocenters. The van der Waals surface area contributed by atoms with E-state index in [1.165, 1.54) is 29.2 Å². The van der Waals surface area contributed by atoms with Crippen molar-refractivity contribution in [2.24, 2.45) is 11.7 Å². The van der Waals surface area contributed by atoms with Crippen LogP contribution in [0.1, 0.15) is 29.8 Å². The van der Waals surface area contributed by atoms with Gasteiger partial charge in [-0.15, -0.1) is 0 Å². The molecule has 2 rings (SSSR count).